The van der Waals surface area contributed by atoms with E-state index >= 15 is 0 Å². The zero-order chi connectivity index (χ0) is 18.4. The lowest BCUT2D eigenvalue weighted by atomic mass is 9.74. The topological polar surface area (TPSA) is 46.9 Å². The fraction of sp³-hybridized carbons (Fsp3) is 0.444. The summed E-state index contributed by atoms with van der Waals surface area (Å²) in [5, 5.41) is 6.31. The number of amides is 1. The summed E-state index contributed by atoms with van der Waals surface area (Å²) in [6.45, 7) is 4.43. The smallest absolute Gasteiger partial charge is 0.283 e. The van der Waals surface area contributed by atoms with Crippen LogP contribution in [0.3, 0.4) is 0 Å². The first-order valence-electron chi connectivity index (χ1n) is 8.12. The highest BCUT2D eigenvalue weighted by Gasteiger charge is 2.30. The molecule has 0 spiro atoms. The monoisotopic (exact) mass is 367 g/mol. The Morgan fingerprint density at radius 3 is 2.80 bits per heavy atom. The summed E-state index contributed by atoms with van der Waals surface area (Å²) in [7, 11) is 1.43. The molecule has 1 aliphatic rings. The molecule has 1 aliphatic carbocycles. The maximum atomic E-state index is 13.2. The molecule has 1 N–H and O–H groups in total. The predicted molar refractivity (Wildman–Crippen MR) is 93.4 cm³/mol. The van der Waals surface area contributed by atoms with E-state index in [1.807, 2.05) is 12.1 Å². The summed E-state index contributed by atoms with van der Waals surface area (Å²) < 4.78 is 27.4. The Balaban J connectivity index is 1.93. The van der Waals surface area contributed by atoms with Crippen molar-refractivity contribution >= 4 is 23.2 Å². The predicted octanol–water partition coefficient (Wildman–Crippen LogP) is 4.78. The van der Waals surface area contributed by atoms with Crippen LogP contribution in [0.15, 0.2) is 18.2 Å². The molecule has 0 bridgehead atoms. The van der Waals surface area contributed by atoms with Crippen molar-refractivity contribution in [3.8, 4) is 0 Å². The van der Waals surface area contributed by atoms with Gasteiger partial charge in [0, 0.05) is 12.7 Å². The van der Waals surface area contributed by atoms with E-state index in [0.29, 0.717) is 5.69 Å². The Morgan fingerprint density at radius 2 is 2.12 bits per heavy atom. The van der Waals surface area contributed by atoms with Crippen molar-refractivity contribution in [1.82, 2.24) is 9.78 Å². The van der Waals surface area contributed by atoms with E-state index in [1.165, 1.54) is 12.6 Å². The van der Waals surface area contributed by atoms with Crippen LogP contribution in [0.2, 0.25) is 5.15 Å². The second-order valence-corrected chi connectivity index (χ2v) is 7.57. The fourth-order valence-corrected chi connectivity index (χ4v) is 3.57. The number of nitrogens with one attached hydrogen (secondary N) is 1. The standard InChI is InChI=1S/C18H20ClF2N3O/c1-18(2)8-7-11-10(9-18)5-4-6-12(11)22-17(25)13-14(16(20)21)23-24(3)15(13)19/h4-6,16H,7-9H2,1-3H3,(H,22,25). The minimum atomic E-state index is -2.87. The van der Waals surface area contributed by atoms with Gasteiger partial charge in [-0.3, -0.25) is 9.48 Å². The second-order valence-electron chi connectivity index (χ2n) is 7.21. The molecule has 1 aromatic heterocycles. The van der Waals surface area contributed by atoms with E-state index in [9.17, 15) is 13.6 Å². The Morgan fingerprint density at radius 1 is 1.40 bits per heavy atom. The van der Waals surface area contributed by atoms with Gasteiger partial charge in [0.1, 0.15) is 16.4 Å². The molecule has 7 heteroatoms. The number of anilines is 1. The van der Waals surface area contributed by atoms with E-state index in [2.05, 4.69) is 24.3 Å². The van der Waals surface area contributed by atoms with Gasteiger partial charge in [0.25, 0.3) is 12.3 Å². The normalized spacial score (nSPS) is 16.0. The van der Waals surface area contributed by atoms with Gasteiger partial charge < -0.3 is 5.32 Å². The lowest BCUT2D eigenvalue weighted by Gasteiger charge is -2.32. The van der Waals surface area contributed by atoms with Crippen molar-refractivity contribution < 1.29 is 13.6 Å². The van der Waals surface area contributed by atoms with E-state index in [-0.39, 0.29) is 16.1 Å². The summed E-state index contributed by atoms with van der Waals surface area (Å²) in [5.41, 5.74) is 2.24. The van der Waals surface area contributed by atoms with Gasteiger partial charge in [0.15, 0.2) is 0 Å². The van der Waals surface area contributed by atoms with Gasteiger partial charge >= 0.3 is 0 Å². The van der Waals surface area contributed by atoms with Crippen LogP contribution in [-0.4, -0.2) is 15.7 Å². The van der Waals surface area contributed by atoms with Crippen molar-refractivity contribution in [2.45, 2.75) is 39.5 Å². The second kappa shape index (κ2) is 6.41. The maximum absolute atomic E-state index is 13.2. The molecule has 0 fully saturated rings. The first kappa shape index (κ1) is 17.9. The molecule has 4 nitrogen and oxygen atoms in total. The molecule has 0 aliphatic heterocycles. The number of aryl methyl sites for hydroxylation is 1. The zero-order valence-corrected chi connectivity index (χ0v) is 15.1. The minimum Gasteiger partial charge on any atom is -0.322 e. The van der Waals surface area contributed by atoms with Crippen LogP contribution in [0.4, 0.5) is 14.5 Å². The number of hydrogen-bond acceptors (Lipinski definition) is 2. The van der Waals surface area contributed by atoms with Gasteiger partial charge in [-0.2, -0.15) is 5.10 Å². The van der Waals surface area contributed by atoms with E-state index in [4.69, 9.17) is 11.6 Å². The Bertz CT molecular complexity index is 830. The molecular weight excluding hydrogens is 348 g/mol. The van der Waals surface area contributed by atoms with Gasteiger partial charge in [-0.05, 0) is 41.9 Å². The number of alkyl halides is 2. The first-order chi connectivity index (χ1) is 11.7. The number of aromatic nitrogens is 2. The van der Waals surface area contributed by atoms with Crippen LogP contribution in [0.5, 0.6) is 0 Å². The number of nitrogens with zero attached hydrogens (tertiary/aromatic N) is 2. The summed E-state index contributed by atoms with van der Waals surface area (Å²) in [6.07, 6.45) is -0.114. The van der Waals surface area contributed by atoms with Crippen LogP contribution in [0, 0.1) is 5.41 Å². The molecule has 0 radical (unpaired) electrons. The van der Waals surface area contributed by atoms with Crippen LogP contribution in [0.1, 0.15) is 53.9 Å². The molecule has 0 saturated heterocycles. The first-order valence-corrected chi connectivity index (χ1v) is 8.50. The molecule has 1 amide bonds. The van der Waals surface area contributed by atoms with Crippen molar-refractivity contribution in [3.05, 3.63) is 45.7 Å². The largest absolute Gasteiger partial charge is 0.322 e. The SMILES string of the molecule is Cn1nc(C(F)F)c(C(=O)Nc2cccc3c2CCC(C)(C)C3)c1Cl. The van der Waals surface area contributed by atoms with Crippen LogP contribution in [0.25, 0.3) is 0 Å². The number of hydrogen-bond donors (Lipinski definition) is 1. The summed E-state index contributed by atoms with van der Waals surface area (Å²) in [6, 6.07) is 5.71. The summed E-state index contributed by atoms with van der Waals surface area (Å²) in [4.78, 5) is 12.6. The summed E-state index contributed by atoms with van der Waals surface area (Å²) in [5.74, 6) is -0.661. The average molecular weight is 368 g/mol. The third-order valence-corrected chi connectivity index (χ3v) is 5.11. The Labute approximate surface area is 150 Å². The average Bonchev–Trinajstić information content (AvgIpc) is 2.82. The highest BCUT2D eigenvalue weighted by molar-refractivity contribution is 6.33. The van der Waals surface area contributed by atoms with Crippen LogP contribution in [-0.2, 0) is 19.9 Å². The van der Waals surface area contributed by atoms with Gasteiger partial charge in [-0.25, -0.2) is 8.78 Å². The minimum absolute atomic E-state index is 0.0984. The van der Waals surface area contributed by atoms with Crippen molar-refractivity contribution in [2.75, 3.05) is 5.32 Å². The molecule has 0 atom stereocenters. The molecule has 2 aromatic rings. The molecule has 1 aromatic carbocycles. The fourth-order valence-electron chi connectivity index (χ4n) is 3.35. The lowest BCUT2D eigenvalue weighted by molar-refractivity contribution is 0.101. The number of fused-ring (bicyclic) bond motifs is 1. The third kappa shape index (κ3) is 3.40. The molecular formula is C18H20ClF2N3O. The summed E-state index contributed by atoms with van der Waals surface area (Å²) >= 11 is 6.01. The number of halogens is 3. The lowest BCUT2D eigenvalue weighted by Crippen LogP contribution is -2.24. The van der Waals surface area contributed by atoms with Crippen LogP contribution >= 0.6 is 11.6 Å². The molecule has 0 saturated carbocycles. The number of carbonyl (C=O) groups excluding carboxylic acids is 1. The van der Waals surface area contributed by atoms with E-state index < -0.39 is 18.0 Å². The van der Waals surface area contributed by atoms with Crippen molar-refractivity contribution in [2.24, 2.45) is 12.5 Å². The van der Waals surface area contributed by atoms with Crippen molar-refractivity contribution in [1.29, 1.82) is 0 Å². The van der Waals surface area contributed by atoms with Gasteiger partial charge in [0.05, 0.1) is 0 Å². The maximum Gasteiger partial charge on any atom is 0.283 e. The third-order valence-electron chi connectivity index (χ3n) is 4.68. The number of benzene rings is 1. The van der Waals surface area contributed by atoms with E-state index in [0.717, 1.165) is 29.5 Å². The molecule has 3 rings (SSSR count). The quantitative estimate of drug-likeness (QED) is 0.848. The molecule has 25 heavy (non-hydrogen) atoms. The van der Waals surface area contributed by atoms with Gasteiger partial charge in [-0.1, -0.05) is 37.6 Å². The van der Waals surface area contributed by atoms with Gasteiger partial charge in [-0.15, -0.1) is 0 Å². The van der Waals surface area contributed by atoms with Gasteiger partial charge in [0.2, 0.25) is 0 Å². The molecule has 1 heterocycles. The molecule has 0 unspecified atom stereocenters. The highest BCUT2D eigenvalue weighted by atomic mass is 35.5. The highest BCUT2D eigenvalue weighted by Crippen LogP contribution is 2.38. The number of rotatable bonds is 3. The zero-order valence-electron chi connectivity index (χ0n) is 14.4. The van der Waals surface area contributed by atoms with Crippen LogP contribution < -0.4 is 5.32 Å². The van der Waals surface area contributed by atoms with E-state index in [1.54, 1.807) is 6.07 Å². The number of carbonyl (C=O) groups is 1. The van der Waals surface area contributed by atoms with Crippen molar-refractivity contribution in [3.63, 3.8) is 0 Å². The Kier molecular flexibility index (Phi) is 4.58. The Hall–Kier alpha value is -1.95. The molecule has 134 valence electrons.